The summed E-state index contributed by atoms with van der Waals surface area (Å²) in [7, 11) is 0. The molecule has 82 valence electrons. The lowest BCUT2D eigenvalue weighted by molar-refractivity contribution is -0.143. The number of rotatable bonds is 4. The maximum absolute atomic E-state index is 11.1. The smallest absolute Gasteiger partial charge is 0.307 e. The molecule has 0 saturated carbocycles. The monoisotopic (exact) mass is 217 g/mol. The Morgan fingerprint density at radius 3 is 3.07 bits per heavy atom. The summed E-state index contributed by atoms with van der Waals surface area (Å²) < 4.78 is 4.90. The highest BCUT2D eigenvalue weighted by molar-refractivity contribution is 7.99. The molecule has 0 aromatic rings. The zero-order valence-corrected chi connectivity index (χ0v) is 9.81. The van der Waals surface area contributed by atoms with E-state index in [0.717, 1.165) is 13.1 Å². The van der Waals surface area contributed by atoms with Crippen molar-refractivity contribution < 1.29 is 9.53 Å². The molecule has 0 bridgehead atoms. The molecular formula is C10H19NO2S. The minimum absolute atomic E-state index is 0.0714. The van der Waals surface area contributed by atoms with Crippen LogP contribution < -0.4 is 0 Å². The third-order valence-corrected chi connectivity index (χ3v) is 3.60. The number of carbonyl (C=O) groups excluding carboxylic acids is 1. The van der Waals surface area contributed by atoms with Crippen LogP contribution in [0.2, 0.25) is 0 Å². The van der Waals surface area contributed by atoms with Gasteiger partial charge in [-0.15, -0.1) is 0 Å². The molecule has 4 heteroatoms. The zero-order valence-electron chi connectivity index (χ0n) is 8.99. The van der Waals surface area contributed by atoms with Crippen molar-refractivity contribution in [2.24, 2.45) is 0 Å². The molecule has 0 aromatic heterocycles. The number of ether oxygens (including phenoxy) is 1. The molecule has 0 radical (unpaired) electrons. The van der Waals surface area contributed by atoms with Crippen molar-refractivity contribution in [2.45, 2.75) is 26.3 Å². The van der Waals surface area contributed by atoms with Gasteiger partial charge in [0.25, 0.3) is 0 Å². The molecule has 0 aromatic carbocycles. The average Bonchev–Trinajstić information content (AvgIpc) is 2.17. The number of esters is 1. The second-order valence-electron chi connectivity index (χ2n) is 3.51. The molecule has 1 aliphatic rings. The Labute approximate surface area is 90.2 Å². The van der Waals surface area contributed by atoms with Gasteiger partial charge in [0.1, 0.15) is 0 Å². The van der Waals surface area contributed by atoms with Gasteiger partial charge in [-0.3, -0.25) is 9.69 Å². The highest BCUT2D eigenvalue weighted by Gasteiger charge is 2.18. The van der Waals surface area contributed by atoms with Crippen LogP contribution in [-0.4, -0.2) is 48.1 Å². The molecule has 0 N–H and O–H groups in total. The second-order valence-corrected chi connectivity index (χ2v) is 4.66. The van der Waals surface area contributed by atoms with Crippen molar-refractivity contribution in [2.75, 3.05) is 31.2 Å². The van der Waals surface area contributed by atoms with E-state index in [1.54, 1.807) is 0 Å². The Morgan fingerprint density at radius 2 is 2.43 bits per heavy atom. The maximum Gasteiger partial charge on any atom is 0.307 e. The molecule has 1 fully saturated rings. The Kier molecular flexibility index (Phi) is 5.33. The maximum atomic E-state index is 11.1. The van der Waals surface area contributed by atoms with Crippen molar-refractivity contribution in [3.05, 3.63) is 0 Å². The van der Waals surface area contributed by atoms with Gasteiger partial charge in [-0.25, -0.2) is 0 Å². The van der Waals surface area contributed by atoms with E-state index in [-0.39, 0.29) is 5.97 Å². The molecule has 0 spiro atoms. The van der Waals surface area contributed by atoms with E-state index in [1.165, 1.54) is 11.5 Å². The van der Waals surface area contributed by atoms with Gasteiger partial charge in [-0.1, -0.05) is 0 Å². The third kappa shape index (κ3) is 3.88. The Bertz CT molecular complexity index is 187. The van der Waals surface area contributed by atoms with Gasteiger partial charge in [0.2, 0.25) is 0 Å². The molecule has 1 heterocycles. The highest BCUT2D eigenvalue weighted by Crippen LogP contribution is 2.15. The van der Waals surface area contributed by atoms with Gasteiger partial charge in [-0.2, -0.15) is 11.8 Å². The first-order chi connectivity index (χ1) is 6.74. The molecule has 0 amide bonds. The molecule has 0 unspecified atom stereocenters. The average molecular weight is 217 g/mol. The molecule has 3 nitrogen and oxygen atoms in total. The normalized spacial score (nSPS) is 23.4. The van der Waals surface area contributed by atoms with Crippen LogP contribution >= 0.6 is 11.8 Å². The van der Waals surface area contributed by atoms with Crippen LogP contribution in [0.25, 0.3) is 0 Å². The molecule has 14 heavy (non-hydrogen) atoms. The van der Waals surface area contributed by atoms with Gasteiger partial charge in [-0.05, 0) is 13.8 Å². The first kappa shape index (κ1) is 11.9. The van der Waals surface area contributed by atoms with Gasteiger partial charge in [0, 0.05) is 30.6 Å². The van der Waals surface area contributed by atoms with E-state index in [0.29, 0.717) is 19.1 Å². The van der Waals surface area contributed by atoms with Crippen molar-refractivity contribution in [3.8, 4) is 0 Å². The first-order valence-corrected chi connectivity index (χ1v) is 6.37. The summed E-state index contributed by atoms with van der Waals surface area (Å²) in [6, 6.07) is 0.600. The Morgan fingerprint density at radius 1 is 1.64 bits per heavy atom. The Hall–Kier alpha value is -0.220. The number of thioether (sulfide) groups is 1. The lowest BCUT2D eigenvalue weighted by Crippen LogP contribution is -2.41. The topological polar surface area (TPSA) is 29.5 Å². The summed E-state index contributed by atoms with van der Waals surface area (Å²) in [5, 5.41) is 0. The fraction of sp³-hybridized carbons (Fsp3) is 0.900. The van der Waals surface area contributed by atoms with Crippen LogP contribution in [0.5, 0.6) is 0 Å². The molecule has 1 saturated heterocycles. The number of carbonyl (C=O) groups is 1. The van der Waals surface area contributed by atoms with Gasteiger partial charge in [0.05, 0.1) is 13.0 Å². The van der Waals surface area contributed by atoms with E-state index < -0.39 is 0 Å². The molecule has 1 rings (SSSR count). The molecule has 0 aliphatic carbocycles. The predicted octanol–water partition coefficient (Wildman–Crippen LogP) is 1.38. The van der Waals surface area contributed by atoms with Gasteiger partial charge in [0.15, 0.2) is 0 Å². The quantitative estimate of drug-likeness (QED) is 0.665. The number of hydrogen-bond acceptors (Lipinski definition) is 4. The number of nitrogens with zero attached hydrogens (tertiary/aromatic N) is 1. The van der Waals surface area contributed by atoms with Crippen molar-refractivity contribution in [1.82, 2.24) is 4.90 Å². The minimum atomic E-state index is -0.0714. The zero-order chi connectivity index (χ0) is 10.4. The molecule has 1 aliphatic heterocycles. The van der Waals surface area contributed by atoms with Crippen LogP contribution in [0.3, 0.4) is 0 Å². The summed E-state index contributed by atoms with van der Waals surface area (Å²) in [5.74, 6) is 2.30. The predicted molar refractivity (Wildman–Crippen MR) is 59.6 cm³/mol. The van der Waals surface area contributed by atoms with Gasteiger partial charge >= 0.3 is 5.97 Å². The van der Waals surface area contributed by atoms with E-state index in [1.807, 2.05) is 18.7 Å². The lowest BCUT2D eigenvalue weighted by Gasteiger charge is -2.32. The fourth-order valence-corrected chi connectivity index (χ4v) is 2.64. The minimum Gasteiger partial charge on any atom is -0.466 e. The fourth-order valence-electron chi connectivity index (χ4n) is 1.56. The van der Waals surface area contributed by atoms with Crippen molar-refractivity contribution >= 4 is 17.7 Å². The molecular weight excluding hydrogens is 198 g/mol. The van der Waals surface area contributed by atoms with Crippen molar-refractivity contribution in [1.29, 1.82) is 0 Å². The summed E-state index contributed by atoms with van der Waals surface area (Å²) >= 11 is 1.99. The van der Waals surface area contributed by atoms with Crippen molar-refractivity contribution in [3.63, 3.8) is 0 Å². The Balaban J connectivity index is 2.19. The van der Waals surface area contributed by atoms with E-state index in [9.17, 15) is 4.79 Å². The molecule has 1 atom stereocenters. The van der Waals surface area contributed by atoms with Gasteiger partial charge < -0.3 is 4.74 Å². The van der Waals surface area contributed by atoms with E-state index in [2.05, 4.69) is 11.8 Å². The second kappa shape index (κ2) is 6.30. The standard InChI is InChI=1S/C10H19NO2S/c1-3-13-10(12)4-5-11-6-7-14-8-9(11)2/h9H,3-8H2,1-2H3/t9-/m0/s1. The number of hydrogen-bond donors (Lipinski definition) is 0. The lowest BCUT2D eigenvalue weighted by atomic mass is 10.3. The summed E-state index contributed by atoms with van der Waals surface area (Å²) in [4.78, 5) is 13.5. The van der Waals surface area contributed by atoms with E-state index in [4.69, 9.17) is 4.74 Å². The summed E-state index contributed by atoms with van der Waals surface area (Å²) in [6.07, 6.45) is 0.531. The summed E-state index contributed by atoms with van der Waals surface area (Å²) in [5.41, 5.74) is 0. The van der Waals surface area contributed by atoms with Crippen LogP contribution in [0.1, 0.15) is 20.3 Å². The summed E-state index contributed by atoms with van der Waals surface area (Å²) in [6.45, 7) is 6.51. The van der Waals surface area contributed by atoms with Crippen LogP contribution in [-0.2, 0) is 9.53 Å². The highest BCUT2D eigenvalue weighted by atomic mass is 32.2. The van der Waals surface area contributed by atoms with Crippen LogP contribution in [0.4, 0.5) is 0 Å². The third-order valence-electron chi connectivity index (χ3n) is 2.41. The van der Waals surface area contributed by atoms with Crippen LogP contribution in [0, 0.1) is 0 Å². The first-order valence-electron chi connectivity index (χ1n) is 5.21. The SMILES string of the molecule is CCOC(=O)CCN1CCSC[C@@H]1C. The largest absolute Gasteiger partial charge is 0.466 e. The van der Waals surface area contributed by atoms with Crippen LogP contribution in [0.15, 0.2) is 0 Å². The van der Waals surface area contributed by atoms with E-state index >= 15 is 0 Å².